The van der Waals surface area contributed by atoms with Crippen molar-refractivity contribution in [2.45, 2.75) is 16.7 Å². The molecule has 1 heterocycles. The molecule has 2 N–H and O–H groups in total. The largest absolute Gasteiger partial charge is 0.382 e. The fourth-order valence-electron chi connectivity index (χ4n) is 2.16. The minimum Gasteiger partial charge on any atom is -0.382 e. The molecule has 3 rings (SSSR count). The second-order valence-electron chi connectivity index (χ2n) is 5.13. The number of benzene rings is 2. The Hall–Kier alpha value is -2.73. The minimum absolute atomic E-state index is 0.0561. The Balaban J connectivity index is 2.05. The molecule has 0 aliphatic heterocycles. The molecule has 0 aliphatic carbocycles. The molecular weight excluding hydrogens is 310 g/mol. The van der Waals surface area contributed by atoms with Gasteiger partial charge in [-0.25, -0.2) is 18.4 Å². The molecule has 116 valence electrons. The average Bonchev–Trinajstić information content (AvgIpc) is 2.56. The van der Waals surface area contributed by atoms with E-state index in [0.29, 0.717) is 5.82 Å². The maximum absolute atomic E-state index is 12.7. The monoisotopic (exact) mass is 325 g/mol. The zero-order chi connectivity index (χ0) is 16.4. The third-order valence-corrected chi connectivity index (χ3v) is 5.22. The van der Waals surface area contributed by atoms with E-state index in [4.69, 9.17) is 5.73 Å². The Bertz CT molecular complexity index is 937. The summed E-state index contributed by atoms with van der Waals surface area (Å²) in [6.45, 7) is 1.89. The number of anilines is 1. The maximum Gasteiger partial charge on any atom is 0.211 e. The van der Waals surface area contributed by atoms with Crippen LogP contribution in [0.1, 0.15) is 5.56 Å². The van der Waals surface area contributed by atoms with Crippen LogP contribution in [0.5, 0.6) is 0 Å². The van der Waals surface area contributed by atoms with Gasteiger partial charge in [-0.05, 0) is 19.1 Å². The van der Waals surface area contributed by atoms with Crippen molar-refractivity contribution >= 4 is 15.7 Å². The summed E-state index contributed by atoms with van der Waals surface area (Å²) in [4.78, 5) is 8.38. The molecule has 0 fully saturated rings. The van der Waals surface area contributed by atoms with Crippen molar-refractivity contribution in [3.63, 3.8) is 0 Å². The summed E-state index contributed by atoms with van der Waals surface area (Å²) in [5.74, 6) is 0.338. The van der Waals surface area contributed by atoms with Gasteiger partial charge >= 0.3 is 0 Å². The van der Waals surface area contributed by atoms with E-state index in [1.54, 1.807) is 24.3 Å². The van der Waals surface area contributed by atoms with E-state index in [9.17, 15) is 8.42 Å². The van der Waals surface area contributed by atoms with Gasteiger partial charge in [-0.3, -0.25) is 0 Å². The highest BCUT2D eigenvalue weighted by Crippen LogP contribution is 2.26. The van der Waals surface area contributed by atoms with Crippen molar-refractivity contribution in [2.24, 2.45) is 0 Å². The minimum atomic E-state index is -3.74. The van der Waals surface area contributed by atoms with Crippen LogP contribution in [0, 0.1) is 6.92 Å². The summed E-state index contributed by atoms with van der Waals surface area (Å²) < 4.78 is 25.3. The molecule has 0 atom stereocenters. The number of nitrogens with zero attached hydrogens (tertiary/aromatic N) is 2. The predicted octanol–water partition coefficient (Wildman–Crippen LogP) is 2.87. The van der Waals surface area contributed by atoms with E-state index in [1.807, 2.05) is 37.3 Å². The van der Waals surface area contributed by atoms with Crippen molar-refractivity contribution < 1.29 is 8.42 Å². The van der Waals surface area contributed by atoms with Crippen LogP contribution in [0.4, 0.5) is 5.82 Å². The van der Waals surface area contributed by atoms with Gasteiger partial charge in [0.25, 0.3) is 0 Å². The molecule has 23 heavy (non-hydrogen) atoms. The number of sulfone groups is 1. The standard InChI is InChI=1S/C17H15N3O2S/c1-12-7-9-14(10-8-12)23(21,22)15-11-19-17(20-16(15)18)13-5-3-2-4-6-13/h2-11H,1H3,(H2,18,19,20). The highest BCUT2D eigenvalue weighted by atomic mass is 32.2. The zero-order valence-electron chi connectivity index (χ0n) is 12.5. The van der Waals surface area contributed by atoms with Gasteiger partial charge in [0.2, 0.25) is 9.84 Å². The van der Waals surface area contributed by atoms with Crippen LogP contribution in [0.15, 0.2) is 70.6 Å². The van der Waals surface area contributed by atoms with E-state index in [0.717, 1.165) is 11.1 Å². The Kier molecular flexibility index (Phi) is 3.83. The van der Waals surface area contributed by atoms with Crippen molar-refractivity contribution in [1.82, 2.24) is 9.97 Å². The third-order valence-electron chi connectivity index (χ3n) is 3.44. The molecule has 0 aliphatic rings. The number of rotatable bonds is 3. The number of aryl methyl sites for hydroxylation is 1. The first-order chi connectivity index (χ1) is 11.0. The smallest absolute Gasteiger partial charge is 0.211 e. The van der Waals surface area contributed by atoms with Crippen molar-refractivity contribution in [1.29, 1.82) is 0 Å². The third kappa shape index (κ3) is 2.93. The second kappa shape index (κ2) is 5.81. The lowest BCUT2D eigenvalue weighted by Gasteiger charge is -2.08. The van der Waals surface area contributed by atoms with Crippen LogP contribution in [0.25, 0.3) is 11.4 Å². The maximum atomic E-state index is 12.7. The van der Waals surface area contributed by atoms with E-state index in [-0.39, 0.29) is 15.6 Å². The van der Waals surface area contributed by atoms with Crippen molar-refractivity contribution in [3.8, 4) is 11.4 Å². The summed E-state index contributed by atoms with van der Waals surface area (Å²) >= 11 is 0. The van der Waals surface area contributed by atoms with Gasteiger partial charge < -0.3 is 5.73 Å². The first kappa shape index (κ1) is 15.2. The molecule has 0 saturated carbocycles. The van der Waals surface area contributed by atoms with Crippen molar-refractivity contribution in [3.05, 3.63) is 66.4 Å². The average molecular weight is 325 g/mol. The number of nitrogen functional groups attached to an aromatic ring is 1. The highest BCUT2D eigenvalue weighted by molar-refractivity contribution is 7.91. The van der Waals surface area contributed by atoms with Gasteiger partial charge in [-0.2, -0.15) is 0 Å². The molecule has 0 spiro atoms. The normalized spacial score (nSPS) is 11.3. The Morgan fingerprint density at radius 3 is 2.22 bits per heavy atom. The van der Waals surface area contributed by atoms with Gasteiger partial charge in [-0.1, -0.05) is 48.0 Å². The van der Waals surface area contributed by atoms with Crippen LogP contribution in [-0.4, -0.2) is 18.4 Å². The van der Waals surface area contributed by atoms with Crippen LogP contribution >= 0.6 is 0 Å². The summed E-state index contributed by atoms with van der Waals surface area (Å²) in [5.41, 5.74) is 7.64. The highest BCUT2D eigenvalue weighted by Gasteiger charge is 2.22. The molecule has 0 bridgehead atoms. The van der Waals surface area contributed by atoms with Gasteiger partial charge in [-0.15, -0.1) is 0 Å². The Morgan fingerprint density at radius 1 is 0.957 bits per heavy atom. The molecule has 0 radical (unpaired) electrons. The lowest BCUT2D eigenvalue weighted by atomic mass is 10.2. The van der Waals surface area contributed by atoms with Crippen LogP contribution in [0.2, 0.25) is 0 Å². The molecule has 5 nitrogen and oxygen atoms in total. The van der Waals surface area contributed by atoms with Crippen LogP contribution in [-0.2, 0) is 9.84 Å². The second-order valence-corrected chi connectivity index (χ2v) is 7.04. The summed E-state index contributed by atoms with van der Waals surface area (Å²) in [6.07, 6.45) is 1.26. The van der Waals surface area contributed by atoms with E-state index < -0.39 is 9.84 Å². The summed E-state index contributed by atoms with van der Waals surface area (Å²) in [7, 11) is -3.74. The molecular formula is C17H15N3O2S. The quantitative estimate of drug-likeness (QED) is 0.800. The Labute approximate surface area is 134 Å². The first-order valence-corrected chi connectivity index (χ1v) is 8.46. The lowest BCUT2D eigenvalue weighted by Crippen LogP contribution is -2.09. The lowest BCUT2D eigenvalue weighted by molar-refractivity contribution is 0.595. The van der Waals surface area contributed by atoms with Gasteiger partial charge in [0.15, 0.2) is 5.82 Å². The van der Waals surface area contributed by atoms with Gasteiger partial charge in [0.1, 0.15) is 10.7 Å². The summed E-state index contributed by atoms with van der Waals surface area (Å²) in [5, 5.41) is 0. The molecule has 0 unspecified atom stereocenters. The number of aromatic nitrogens is 2. The summed E-state index contributed by atoms with van der Waals surface area (Å²) in [6, 6.07) is 15.8. The molecule has 0 amide bonds. The van der Waals surface area contributed by atoms with Crippen molar-refractivity contribution in [2.75, 3.05) is 5.73 Å². The fourth-order valence-corrected chi connectivity index (χ4v) is 3.42. The number of hydrogen-bond donors (Lipinski definition) is 1. The van der Waals surface area contributed by atoms with Crippen LogP contribution in [0.3, 0.4) is 0 Å². The van der Waals surface area contributed by atoms with Gasteiger partial charge in [0, 0.05) is 5.56 Å². The van der Waals surface area contributed by atoms with Gasteiger partial charge in [0.05, 0.1) is 11.1 Å². The SMILES string of the molecule is Cc1ccc(S(=O)(=O)c2cnc(-c3ccccc3)nc2N)cc1. The zero-order valence-corrected chi connectivity index (χ0v) is 13.3. The van der Waals surface area contributed by atoms with E-state index >= 15 is 0 Å². The molecule has 0 saturated heterocycles. The number of nitrogens with two attached hydrogens (primary N) is 1. The van der Waals surface area contributed by atoms with E-state index in [1.165, 1.54) is 6.20 Å². The molecule has 2 aromatic carbocycles. The Morgan fingerprint density at radius 2 is 1.61 bits per heavy atom. The van der Waals surface area contributed by atoms with E-state index in [2.05, 4.69) is 9.97 Å². The predicted molar refractivity (Wildman–Crippen MR) is 88.5 cm³/mol. The molecule has 6 heteroatoms. The first-order valence-electron chi connectivity index (χ1n) is 6.98. The fraction of sp³-hybridized carbons (Fsp3) is 0.0588. The molecule has 1 aromatic heterocycles. The topological polar surface area (TPSA) is 85.9 Å². The van der Waals surface area contributed by atoms with Crippen LogP contribution < -0.4 is 5.73 Å². The molecule has 3 aromatic rings. The number of hydrogen-bond acceptors (Lipinski definition) is 5.